The van der Waals surface area contributed by atoms with Crippen molar-refractivity contribution in [1.82, 2.24) is 0 Å². The average molecular weight is 274 g/mol. The molecule has 1 aromatic carbocycles. The van der Waals surface area contributed by atoms with Crippen molar-refractivity contribution < 1.29 is 19.2 Å². The Morgan fingerprint density at radius 1 is 1.25 bits per heavy atom. The van der Waals surface area contributed by atoms with Gasteiger partial charge in [0.15, 0.2) is 12.4 Å². The van der Waals surface area contributed by atoms with E-state index in [4.69, 9.17) is 20.4 Å². The van der Waals surface area contributed by atoms with E-state index >= 15 is 0 Å². The van der Waals surface area contributed by atoms with E-state index in [1.807, 2.05) is 59.4 Å². The molecule has 0 saturated heterocycles. The van der Waals surface area contributed by atoms with Crippen molar-refractivity contribution >= 4 is 11.7 Å². The molecular formula is C15H18N2O3. The molecule has 0 bridgehead atoms. The highest BCUT2D eigenvalue weighted by Gasteiger charge is 1.98. The second kappa shape index (κ2) is 8.66. The van der Waals surface area contributed by atoms with Crippen molar-refractivity contribution in [2.75, 3.05) is 5.73 Å². The monoisotopic (exact) mass is 274 g/mol. The van der Waals surface area contributed by atoms with Crippen molar-refractivity contribution in [3.05, 3.63) is 60.4 Å². The summed E-state index contributed by atoms with van der Waals surface area (Å²) in [5, 5.41) is 8.89. The highest BCUT2D eigenvalue weighted by Crippen LogP contribution is 2.07. The molecule has 0 radical (unpaired) electrons. The number of pyridine rings is 1. The van der Waals surface area contributed by atoms with Crippen LogP contribution >= 0.6 is 0 Å². The van der Waals surface area contributed by atoms with Gasteiger partial charge in [0.2, 0.25) is 0 Å². The number of carboxylic acid groups (broad SMARTS) is 1. The lowest BCUT2D eigenvalue weighted by Gasteiger charge is -2.02. The molecule has 0 fully saturated rings. The zero-order valence-electron chi connectivity index (χ0n) is 11.4. The summed E-state index contributed by atoms with van der Waals surface area (Å²) >= 11 is 0. The van der Waals surface area contributed by atoms with Crippen LogP contribution < -0.4 is 15.4 Å². The molecule has 5 nitrogen and oxygen atoms in total. The number of rotatable bonds is 4. The SMILES string of the molecule is CC(=O)[O-].Nc1cccc(COC[n+]2ccccc2)c1. The molecule has 1 aromatic heterocycles. The van der Waals surface area contributed by atoms with E-state index in [0.29, 0.717) is 13.3 Å². The van der Waals surface area contributed by atoms with Gasteiger partial charge in [-0.3, -0.25) is 0 Å². The first kappa shape index (κ1) is 15.7. The van der Waals surface area contributed by atoms with Crippen LogP contribution in [0.3, 0.4) is 0 Å². The Balaban J connectivity index is 0.000000444. The van der Waals surface area contributed by atoms with Gasteiger partial charge in [-0.15, -0.1) is 0 Å². The minimum atomic E-state index is -1.08. The molecule has 0 saturated carbocycles. The van der Waals surface area contributed by atoms with Gasteiger partial charge < -0.3 is 20.4 Å². The molecule has 0 amide bonds. The second-order valence-corrected chi connectivity index (χ2v) is 4.10. The van der Waals surface area contributed by atoms with Gasteiger partial charge in [0, 0.05) is 23.8 Å². The van der Waals surface area contributed by atoms with Gasteiger partial charge in [0.25, 0.3) is 6.73 Å². The van der Waals surface area contributed by atoms with Crippen LogP contribution in [0.2, 0.25) is 0 Å². The number of hydrogen-bond acceptors (Lipinski definition) is 4. The maximum atomic E-state index is 8.89. The van der Waals surface area contributed by atoms with Gasteiger partial charge in [-0.1, -0.05) is 18.2 Å². The van der Waals surface area contributed by atoms with Crippen LogP contribution in [0.15, 0.2) is 54.9 Å². The smallest absolute Gasteiger partial charge is 0.252 e. The van der Waals surface area contributed by atoms with Gasteiger partial charge in [-0.05, 0) is 24.6 Å². The molecule has 0 aliphatic carbocycles. The van der Waals surface area contributed by atoms with Crippen molar-refractivity contribution in [2.24, 2.45) is 0 Å². The zero-order chi connectivity index (χ0) is 14.8. The van der Waals surface area contributed by atoms with Gasteiger partial charge in [-0.2, -0.15) is 4.57 Å². The molecule has 2 N–H and O–H groups in total. The lowest BCUT2D eigenvalue weighted by molar-refractivity contribution is -0.733. The summed E-state index contributed by atoms with van der Waals surface area (Å²) in [5.74, 6) is -1.08. The number of anilines is 1. The third-order valence-corrected chi connectivity index (χ3v) is 2.24. The summed E-state index contributed by atoms with van der Waals surface area (Å²) in [7, 11) is 0. The maximum Gasteiger partial charge on any atom is 0.252 e. The summed E-state index contributed by atoms with van der Waals surface area (Å²) in [5.41, 5.74) is 7.55. The highest BCUT2D eigenvalue weighted by molar-refractivity contribution is 5.60. The number of carbonyl (C=O) groups excluding carboxylic acids is 1. The van der Waals surface area contributed by atoms with Crippen LogP contribution in [0.5, 0.6) is 0 Å². The summed E-state index contributed by atoms with van der Waals surface area (Å²) in [6.07, 6.45) is 3.94. The first-order chi connectivity index (χ1) is 9.58. The predicted octanol–water partition coefficient (Wildman–Crippen LogP) is 0.487. The Kier molecular flexibility index (Phi) is 6.78. The predicted molar refractivity (Wildman–Crippen MR) is 73.0 cm³/mol. The van der Waals surface area contributed by atoms with E-state index in [0.717, 1.165) is 18.2 Å². The fourth-order valence-corrected chi connectivity index (χ4v) is 1.47. The number of carboxylic acids is 1. The van der Waals surface area contributed by atoms with Crippen molar-refractivity contribution in [3.63, 3.8) is 0 Å². The van der Waals surface area contributed by atoms with Gasteiger partial charge in [0.05, 0.1) is 6.61 Å². The topological polar surface area (TPSA) is 79.3 Å². The molecule has 0 unspecified atom stereocenters. The van der Waals surface area contributed by atoms with Crippen molar-refractivity contribution in [2.45, 2.75) is 20.3 Å². The number of nitrogen functional groups attached to an aromatic ring is 1. The zero-order valence-corrected chi connectivity index (χ0v) is 11.4. The van der Waals surface area contributed by atoms with Gasteiger partial charge in [-0.25, -0.2) is 0 Å². The van der Waals surface area contributed by atoms with E-state index in [1.54, 1.807) is 0 Å². The minimum absolute atomic E-state index is 0.551. The number of benzene rings is 1. The number of nitrogens with two attached hydrogens (primary N) is 1. The molecule has 5 heteroatoms. The molecule has 0 spiro atoms. The summed E-state index contributed by atoms with van der Waals surface area (Å²) in [6.45, 7) is 2.10. The molecule has 106 valence electrons. The average Bonchev–Trinajstić information content (AvgIpc) is 2.39. The number of aromatic nitrogens is 1. The Bertz CT molecular complexity index is 526. The standard InChI is InChI=1S/C13H15N2O.C2H4O2/c14-13-6-4-5-12(9-13)10-16-11-15-7-2-1-3-8-15;1-2(3)4/h1-9H,10-11,14H2;1H3,(H,3,4)/q+1;/p-1. The third-order valence-electron chi connectivity index (χ3n) is 2.24. The molecular weight excluding hydrogens is 256 g/mol. The van der Waals surface area contributed by atoms with E-state index < -0.39 is 5.97 Å². The molecule has 0 aliphatic heterocycles. The Labute approximate surface area is 118 Å². The largest absolute Gasteiger partial charge is 0.550 e. The van der Waals surface area contributed by atoms with Crippen LogP contribution in [0.4, 0.5) is 5.69 Å². The second-order valence-electron chi connectivity index (χ2n) is 4.10. The first-order valence-corrected chi connectivity index (χ1v) is 6.12. The summed E-state index contributed by atoms with van der Waals surface area (Å²) in [6, 6.07) is 13.7. The fourth-order valence-electron chi connectivity index (χ4n) is 1.47. The number of hydrogen-bond donors (Lipinski definition) is 1. The molecule has 20 heavy (non-hydrogen) atoms. The van der Waals surface area contributed by atoms with Crippen LogP contribution in [0.1, 0.15) is 12.5 Å². The maximum absolute atomic E-state index is 8.89. The number of ether oxygens (including phenoxy) is 1. The lowest BCUT2D eigenvalue weighted by Crippen LogP contribution is -2.33. The van der Waals surface area contributed by atoms with Gasteiger partial charge in [0.1, 0.15) is 0 Å². The van der Waals surface area contributed by atoms with E-state index in [9.17, 15) is 0 Å². The van der Waals surface area contributed by atoms with Gasteiger partial charge >= 0.3 is 0 Å². The van der Waals surface area contributed by atoms with E-state index in [2.05, 4.69) is 0 Å². The number of aliphatic carboxylic acids is 1. The highest BCUT2D eigenvalue weighted by atomic mass is 16.5. The van der Waals surface area contributed by atoms with E-state index in [1.165, 1.54) is 0 Å². The number of carbonyl (C=O) groups is 1. The summed E-state index contributed by atoms with van der Waals surface area (Å²) < 4.78 is 7.55. The quantitative estimate of drug-likeness (QED) is 0.650. The summed E-state index contributed by atoms with van der Waals surface area (Å²) in [4.78, 5) is 8.89. The van der Waals surface area contributed by atoms with Crippen LogP contribution in [0, 0.1) is 0 Å². The third kappa shape index (κ3) is 7.13. The van der Waals surface area contributed by atoms with Crippen LogP contribution in [-0.2, 0) is 22.9 Å². The van der Waals surface area contributed by atoms with Crippen molar-refractivity contribution in [3.8, 4) is 0 Å². The molecule has 1 heterocycles. The Hall–Kier alpha value is -2.40. The van der Waals surface area contributed by atoms with Crippen LogP contribution in [-0.4, -0.2) is 5.97 Å². The first-order valence-electron chi connectivity index (χ1n) is 6.12. The molecule has 2 rings (SSSR count). The Morgan fingerprint density at radius 2 is 1.90 bits per heavy atom. The normalized spacial score (nSPS) is 9.45. The van der Waals surface area contributed by atoms with Crippen LogP contribution in [0.25, 0.3) is 0 Å². The molecule has 0 atom stereocenters. The number of nitrogens with zero attached hydrogens (tertiary/aromatic N) is 1. The molecule has 0 aliphatic rings. The van der Waals surface area contributed by atoms with Crippen molar-refractivity contribution in [1.29, 1.82) is 0 Å². The Morgan fingerprint density at radius 3 is 2.50 bits per heavy atom. The molecule has 2 aromatic rings. The van der Waals surface area contributed by atoms with E-state index in [-0.39, 0.29) is 0 Å². The minimum Gasteiger partial charge on any atom is -0.550 e. The lowest BCUT2D eigenvalue weighted by atomic mass is 10.2. The fraction of sp³-hybridized carbons (Fsp3) is 0.200.